The van der Waals surface area contributed by atoms with Crippen molar-refractivity contribution in [3.8, 4) is 5.75 Å². The highest BCUT2D eigenvalue weighted by molar-refractivity contribution is 5.74. The van der Waals surface area contributed by atoms with Crippen LogP contribution >= 0.6 is 0 Å². The zero-order valence-electron chi connectivity index (χ0n) is 11.7. The summed E-state index contributed by atoms with van der Waals surface area (Å²) in [7, 11) is 1.36. The summed E-state index contributed by atoms with van der Waals surface area (Å²) in [4.78, 5) is 4.05. The Morgan fingerprint density at radius 2 is 2.00 bits per heavy atom. The van der Waals surface area contributed by atoms with Gasteiger partial charge in [-0.05, 0) is 6.07 Å². The van der Waals surface area contributed by atoms with Gasteiger partial charge in [-0.3, -0.25) is 0 Å². The Morgan fingerprint density at radius 1 is 1.23 bits per heavy atom. The van der Waals surface area contributed by atoms with E-state index < -0.39 is 5.82 Å². The Bertz CT molecular complexity index is 861. The van der Waals surface area contributed by atoms with Crippen LogP contribution in [-0.2, 0) is 0 Å². The molecular formula is C13H14FN7O. The Morgan fingerprint density at radius 3 is 2.73 bits per heavy atom. The van der Waals surface area contributed by atoms with E-state index in [2.05, 4.69) is 15.4 Å². The third-order valence-corrected chi connectivity index (χ3v) is 3.06. The number of anilines is 5. The molecule has 0 saturated heterocycles. The smallest absolute Gasteiger partial charge is 0.179 e. The van der Waals surface area contributed by atoms with E-state index in [-0.39, 0.29) is 11.4 Å². The summed E-state index contributed by atoms with van der Waals surface area (Å²) >= 11 is 0. The van der Waals surface area contributed by atoms with Gasteiger partial charge < -0.3 is 27.3 Å². The van der Waals surface area contributed by atoms with Crippen molar-refractivity contribution in [2.45, 2.75) is 0 Å². The molecule has 0 spiro atoms. The maximum Gasteiger partial charge on any atom is 0.179 e. The molecule has 3 rings (SSSR count). The van der Waals surface area contributed by atoms with Crippen LogP contribution in [0.2, 0.25) is 0 Å². The molecule has 7 N–H and O–H groups in total. The molecule has 114 valence electrons. The lowest BCUT2D eigenvalue weighted by Crippen LogP contribution is -2.06. The number of hydrogen-bond acceptors (Lipinski definition) is 7. The number of methoxy groups -OCH3 is 1. The first-order valence-corrected chi connectivity index (χ1v) is 6.29. The number of ether oxygens (including phenoxy) is 1. The second-order valence-corrected chi connectivity index (χ2v) is 4.61. The first-order chi connectivity index (χ1) is 10.5. The zero-order chi connectivity index (χ0) is 15.9. The van der Waals surface area contributed by atoms with E-state index in [1.807, 2.05) is 0 Å². The fourth-order valence-corrected chi connectivity index (χ4v) is 2.12. The molecule has 0 radical (unpaired) electrons. The van der Waals surface area contributed by atoms with Crippen molar-refractivity contribution in [1.82, 2.24) is 14.6 Å². The summed E-state index contributed by atoms with van der Waals surface area (Å²) in [5, 5.41) is 7.16. The lowest BCUT2D eigenvalue weighted by molar-refractivity contribution is 0.389. The molecule has 2 aromatic heterocycles. The Balaban J connectivity index is 2.08. The summed E-state index contributed by atoms with van der Waals surface area (Å²) in [5.41, 5.74) is 18.7. The van der Waals surface area contributed by atoms with Crippen LogP contribution in [0.3, 0.4) is 0 Å². The average Bonchev–Trinajstić information content (AvgIpc) is 2.81. The quantitative estimate of drug-likeness (QED) is 0.537. The van der Waals surface area contributed by atoms with Crippen LogP contribution in [-0.4, -0.2) is 21.7 Å². The second-order valence-electron chi connectivity index (χ2n) is 4.61. The highest BCUT2D eigenvalue weighted by Gasteiger charge is 2.13. The molecule has 8 nitrogen and oxygen atoms in total. The maximum atomic E-state index is 13.8. The van der Waals surface area contributed by atoms with Crippen molar-refractivity contribution in [2.75, 3.05) is 29.6 Å². The monoisotopic (exact) mass is 303 g/mol. The molecule has 0 aliphatic heterocycles. The standard InChI is InChI=1S/C13H14FN7O/c1-22-12-7(14)2-6(15)3-9(12)19-11-4-8(16)13-18-5-10(17)21(13)20-11/h2-5H,15-17H2,1H3,(H,19,20). The van der Waals surface area contributed by atoms with E-state index in [9.17, 15) is 4.39 Å². The first kappa shape index (κ1) is 13.7. The van der Waals surface area contributed by atoms with E-state index >= 15 is 0 Å². The Hall–Kier alpha value is -3.23. The van der Waals surface area contributed by atoms with Gasteiger partial charge in [-0.2, -0.15) is 4.52 Å². The normalized spacial score (nSPS) is 10.8. The number of nitrogens with zero attached hydrogens (tertiary/aromatic N) is 3. The summed E-state index contributed by atoms with van der Waals surface area (Å²) in [5.74, 6) is 0.114. The fourth-order valence-electron chi connectivity index (χ4n) is 2.12. The van der Waals surface area contributed by atoms with Gasteiger partial charge in [0.25, 0.3) is 0 Å². The molecule has 1 aromatic carbocycles. The molecule has 0 aliphatic rings. The SMILES string of the molecule is COc1c(F)cc(N)cc1Nc1cc(N)c2ncc(N)n2n1. The highest BCUT2D eigenvalue weighted by Crippen LogP contribution is 2.33. The van der Waals surface area contributed by atoms with Gasteiger partial charge in [-0.1, -0.05) is 0 Å². The van der Waals surface area contributed by atoms with Crippen molar-refractivity contribution < 1.29 is 9.13 Å². The molecule has 0 amide bonds. The number of rotatable bonds is 3. The number of fused-ring (bicyclic) bond motifs is 1. The third kappa shape index (κ3) is 2.18. The number of benzene rings is 1. The first-order valence-electron chi connectivity index (χ1n) is 6.29. The van der Waals surface area contributed by atoms with Gasteiger partial charge in [0.2, 0.25) is 0 Å². The molecule has 0 fully saturated rings. The van der Waals surface area contributed by atoms with Gasteiger partial charge in [-0.25, -0.2) is 9.37 Å². The van der Waals surface area contributed by atoms with Crippen LogP contribution < -0.4 is 27.3 Å². The molecule has 0 saturated carbocycles. The van der Waals surface area contributed by atoms with Gasteiger partial charge >= 0.3 is 0 Å². The van der Waals surface area contributed by atoms with Crippen LogP contribution in [0.1, 0.15) is 0 Å². The van der Waals surface area contributed by atoms with Crippen LogP contribution in [0.5, 0.6) is 5.75 Å². The zero-order valence-corrected chi connectivity index (χ0v) is 11.7. The van der Waals surface area contributed by atoms with Crippen LogP contribution in [0.25, 0.3) is 5.65 Å². The molecule has 0 bridgehead atoms. The fraction of sp³-hybridized carbons (Fsp3) is 0.0769. The van der Waals surface area contributed by atoms with E-state index in [4.69, 9.17) is 21.9 Å². The number of halogens is 1. The lowest BCUT2D eigenvalue weighted by Gasteiger charge is -2.13. The maximum absolute atomic E-state index is 13.8. The lowest BCUT2D eigenvalue weighted by atomic mass is 10.2. The summed E-state index contributed by atoms with van der Waals surface area (Å²) in [6.07, 6.45) is 1.45. The molecule has 0 aliphatic carbocycles. The number of imidazole rings is 1. The van der Waals surface area contributed by atoms with Crippen LogP contribution in [0, 0.1) is 5.82 Å². The number of hydrogen-bond donors (Lipinski definition) is 4. The summed E-state index contributed by atoms with van der Waals surface area (Å²) in [6, 6.07) is 4.26. The number of nitrogen functional groups attached to an aromatic ring is 3. The van der Waals surface area contributed by atoms with Crippen LogP contribution in [0.4, 0.5) is 33.1 Å². The van der Waals surface area contributed by atoms with E-state index in [0.29, 0.717) is 28.7 Å². The second kappa shape index (κ2) is 4.95. The van der Waals surface area contributed by atoms with Gasteiger partial charge in [0.1, 0.15) is 5.82 Å². The third-order valence-electron chi connectivity index (χ3n) is 3.06. The molecule has 0 atom stereocenters. The van der Waals surface area contributed by atoms with Crippen molar-refractivity contribution in [1.29, 1.82) is 0 Å². The van der Waals surface area contributed by atoms with E-state index in [0.717, 1.165) is 0 Å². The summed E-state index contributed by atoms with van der Waals surface area (Å²) < 4.78 is 20.3. The minimum Gasteiger partial charge on any atom is -0.492 e. The molecular weight excluding hydrogens is 289 g/mol. The Kier molecular flexibility index (Phi) is 3.09. The van der Waals surface area contributed by atoms with Gasteiger partial charge in [0.05, 0.1) is 24.7 Å². The highest BCUT2D eigenvalue weighted by atomic mass is 19.1. The van der Waals surface area contributed by atoms with Crippen molar-refractivity contribution in [3.63, 3.8) is 0 Å². The van der Waals surface area contributed by atoms with E-state index in [1.165, 1.54) is 30.0 Å². The number of nitrogens with one attached hydrogen (secondary N) is 1. The number of nitrogens with two attached hydrogens (primary N) is 3. The topological polar surface area (TPSA) is 130 Å². The molecule has 0 unspecified atom stereocenters. The van der Waals surface area contributed by atoms with E-state index in [1.54, 1.807) is 6.07 Å². The van der Waals surface area contributed by atoms with Crippen molar-refractivity contribution in [2.24, 2.45) is 0 Å². The molecule has 9 heteroatoms. The van der Waals surface area contributed by atoms with Gasteiger partial charge in [0, 0.05) is 17.8 Å². The minimum atomic E-state index is -0.582. The molecule has 22 heavy (non-hydrogen) atoms. The molecule has 2 heterocycles. The summed E-state index contributed by atoms with van der Waals surface area (Å²) in [6.45, 7) is 0. The average molecular weight is 303 g/mol. The Labute approximate surface area is 124 Å². The van der Waals surface area contributed by atoms with Gasteiger partial charge in [-0.15, -0.1) is 5.10 Å². The molecule has 3 aromatic rings. The minimum absolute atomic E-state index is 0.0215. The predicted molar refractivity (Wildman–Crippen MR) is 82.5 cm³/mol. The van der Waals surface area contributed by atoms with Crippen molar-refractivity contribution in [3.05, 3.63) is 30.2 Å². The number of aromatic nitrogens is 3. The van der Waals surface area contributed by atoms with Gasteiger partial charge in [0.15, 0.2) is 23.0 Å². The van der Waals surface area contributed by atoms with Crippen molar-refractivity contribution >= 4 is 34.3 Å². The largest absolute Gasteiger partial charge is 0.492 e. The predicted octanol–water partition coefficient (Wildman–Crippen LogP) is 1.37. The van der Waals surface area contributed by atoms with Crippen LogP contribution in [0.15, 0.2) is 24.4 Å².